The summed E-state index contributed by atoms with van der Waals surface area (Å²) in [4.78, 5) is 11.3. The molecule has 0 saturated heterocycles. The second-order valence-corrected chi connectivity index (χ2v) is 7.23. The van der Waals surface area contributed by atoms with Crippen molar-refractivity contribution in [2.75, 3.05) is 12.0 Å². The van der Waals surface area contributed by atoms with Gasteiger partial charge in [0.1, 0.15) is 6.10 Å². The highest BCUT2D eigenvalue weighted by Crippen LogP contribution is 2.51. The molecule has 7 heteroatoms. The van der Waals surface area contributed by atoms with Gasteiger partial charge in [-0.05, 0) is 34.6 Å². The number of carbonyl (C=O) groups excluding carboxylic acids is 1. The molecule has 0 aliphatic heterocycles. The minimum Gasteiger partial charge on any atom is -0.462 e. The number of ether oxygens (including phenoxy) is 1. The van der Waals surface area contributed by atoms with E-state index in [9.17, 15) is 9.36 Å². The van der Waals surface area contributed by atoms with Crippen molar-refractivity contribution >= 4 is 25.2 Å². The summed E-state index contributed by atoms with van der Waals surface area (Å²) in [6, 6.07) is 0. The van der Waals surface area contributed by atoms with Crippen LogP contribution in [0.3, 0.4) is 0 Å². The molecule has 0 fully saturated rings. The van der Waals surface area contributed by atoms with E-state index in [0.717, 1.165) is 0 Å². The predicted molar refractivity (Wildman–Crippen MR) is 75.8 cm³/mol. The van der Waals surface area contributed by atoms with Crippen LogP contribution in [0.25, 0.3) is 0 Å². The molecule has 0 amide bonds. The molecule has 0 heterocycles. The Morgan fingerprint density at radius 1 is 1.11 bits per heavy atom. The Morgan fingerprint density at radius 2 is 1.58 bits per heavy atom. The molecule has 0 radical (unpaired) electrons. The highest BCUT2D eigenvalue weighted by atomic mass is 35.5. The number of rotatable bonds is 9. The van der Waals surface area contributed by atoms with Gasteiger partial charge in [0.05, 0.1) is 24.8 Å². The van der Waals surface area contributed by atoms with Gasteiger partial charge >= 0.3 is 13.6 Å². The molecule has 0 spiro atoms. The normalized spacial score (nSPS) is 13.9. The highest BCUT2D eigenvalue weighted by molar-refractivity contribution is 7.53. The van der Waals surface area contributed by atoms with Crippen LogP contribution in [0.15, 0.2) is 0 Å². The summed E-state index contributed by atoms with van der Waals surface area (Å²) < 4.78 is 28.4. The number of alkyl halides is 1. The zero-order valence-electron chi connectivity index (χ0n) is 12.2. The van der Waals surface area contributed by atoms with Crippen molar-refractivity contribution in [2.24, 2.45) is 0 Å². The Labute approximate surface area is 120 Å². The first-order valence-corrected chi connectivity index (χ1v) is 8.66. The van der Waals surface area contributed by atoms with Gasteiger partial charge in [-0.3, -0.25) is 9.36 Å². The second-order valence-electron chi connectivity index (χ2n) is 4.84. The number of hydrogen-bond donors (Lipinski definition) is 0. The third kappa shape index (κ3) is 9.44. The maximum absolute atomic E-state index is 12.5. The first kappa shape index (κ1) is 18.9. The Morgan fingerprint density at radius 3 is 1.95 bits per heavy atom. The van der Waals surface area contributed by atoms with Crippen molar-refractivity contribution in [3.05, 3.63) is 0 Å². The van der Waals surface area contributed by atoms with Crippen LogP contribution in [0.2, 0.25) is 0 Å². The van der Waals surface area contributed by atoms with Gasteiger partial charge in [-0.25, -0.2) is 0 Å². The molecule has 0 rings (SSSR count). The molecular weight excluding hydrogens is 291 g/mol. The molecule has 0 saturated carbocycles. The third-order valence-electron chi connectivity index (χ3n) is 1.85. The van der Waals surface area contributed by atoms with Crippen LogP contribution in [0, 0.1) is 0 Å². The Bertz CT molecular complexity index is 305. The van der Waals surface area contributed by atoms with Crippen molar-refractivity contribution in [2.45, 2.75) is 59.4 Å². The van der Waals surface area contributed by atoms with Gasteiger partial charge in [0.15, 0.2) is 0 Å². The molecule has 0 aromatic heterocycles. The Balaban J connectivity index is 4.54. The third-order valence-corrected chi connectivity index (χ3v) is 4.49. The fourth-order valence-electron chi connectivity index (χ4n) is 1.47. The Hall–Kier alpha value is -0.0900. The van der Waals surface area contributed by atoms with Crippen molar-refractivity contribution in [1.82, 2.24) is 0 Å². The average molecular weight is 315 g/mol. The van der Waals surface area contributed by atoms with E-state index in [1.54, 1.807) is 34.6 Å². The first-order valence-electron chi connectivity index (χ1n) is 6.40. The Kier molecular flexibility index (Phi) is 8.92. The molecule has 0 bridgehead atoms. The van der Waals surface area contributed by atoms with E-state index in [1.807, 2.05) is 0 Å². The summed E-state index contributed by atoms with van der Waals surface area (Å²) in [7, 11) is -3.27. The van der Waals surface area contributed by atoms with Crippen LogP contribution in [-0.2, 0) is 23.1 Å². The standard InChI is InChI=1S/C12H24ClO5P/c1-9(2)17-19(15,18-10(3)4)8-11(5)16-12(14)6-7-13/h9-11H,6-8H2,1-5H3. The topological polar surface area (TPSA) is 61.8 Å². The van der Waals surface area contributed by atoms with Crippen LogP contribution >= 0.6 is 19.2 Å². The highest BCUT2D eigenvalue weighted by Gasteiger charge is 2.31. The summed E-state index contributed by atoms with van der Waals surface area (Å²) in [5.74, 6) is -0.211. The minimum absolute atomic E-state index is 0.0391. The molecule has 0 aliphatic carbocycles. The average Bonchev–Trinajstić information content (AvgIpc) is 2.12. The van der Waals surface area contributed by atoms with Crippen LogP contribution in [0.4, 0.5) is 0 Å². The van der Waals surface area contributed by atoms with E-state index in [-0.39, 0.29) is 30.7 Å². The van der Waals surface area contributed by atoms with Crippen molar-refractivity contribution in [3.63, 3.8) is 0 Å². The summed E-state index contributed by atoms with van der Waals surface area (Å²) in [5.41, 5.74) is 0. The van der Waals surface area contributed by atoms with E-state index in [4.69, 9.17) is 25.4 Å². The molecule has 0 aliphatic rings. The summed E-state index contributed by atoms with van der Waals surface area (Å²) in [6.07, 6.45) is -0.825. The lowest BCUT2D eigenvalue weighted by Gasteiger charge is -2.25. The van der Waals surface area contributed by atoms with E-state index >= 15 is 0 Å². The quantitative estimate of drug-likeness (QED) is 0.370. The lowest BCUT2D eigenvalue weighted by molar-refractivity contribution is -0.146. The molecular formula is C12H24ClO5P. The molecule has 5 nitrogen and oxygen atoms in total. The van der Waals surface area contributed by atoms with Crippen LogP contribution in [0.5, 0.6) is 0 Å². The molecule has 1 atom stereocenters. The van der Waals surface area contributed by atoms with Crippen molar-refractivity contribution in [1.29, 1.82) is 0 Å². The van der Waals surface area contributed by atoms with Crippen LogP contribution < -0.4 is 0 Å². The summed E-state index contributed by atoms with van der Waals surface area (Å²) in [6.45, 7) is 8.77. The van der Waals surface area contributed by atoms with E-state index in [2.05, 4.69) is 0 Å². The zero-order chi connectivity index (χ0) is 15.1. The second kappa shape index (κ2) is 8.96. The van der Waals surface area contributed by atoms with Crippen LogP contribution in [0.1, 0.15) is 41.0 Å². The first-order chi connectivity index (χ1) is 8.68. The van der Waals surface area contributed by atoms with Crippen LogP contribution in [-0.4, -0.2) is 36.3 Å². The minimum atomic E-state index is -3.27. The van der Waals surface area contributed by atoms with Gasteiger partial charge in [-0.1, -0.05) is 0 Å². The van der Waals surface area contributed by atoms with Gasteiger partial charge in [0.25, 0.3) is 0 Å². The number of esters is 1. The zero-order valence-corrected chi connectivity index (χ0v) is 13.9. The summed E-state index contributed by atoms with van der Waals surface area (Å²) in [5, 5.41) is 0. The van der Waals surface area contributed by atoms with E-state index < -0.39 is 19.7 Å². The number of carbonyl (C=O) groups is 1. The van der Waals surface area contributed by atoms with Gasteiger partial charge in [-0.15, -0.1) is 11.6 Å². The molecule has 0 aromatic rings. The number of hydrogen-bond acceptors (Lipinski definition) is 5. The van der Waals surface area contributed by atoms with Gasteiger partial charge in [-0.2, -0.15) is 0 Å². The maximum Gasteiger partial charge on any atom is 0.334 e. The smallest absolute Gasteiger partial charge is 0.334 e. The van der Waals surface area contributed by atoms with Gasteiger partial charge < -0.3 is 13.8 Å². The lowest BCUT2D eigenvalue weighted by Crippen LogP contribution is -2.22. The fraction of sp³-hybridized carbons (Fsp3) is 0.917. The largest absolute Gasteiger partial charge is 0.462 e. The predicted octanol–water partition coefficient (Wildman–Crippen LogP) is 3.59. The molecule has 0 N–H and O–H groups in total. The fourth-order valence-corrected chi connectivity index (χ4v) is 3.83. The molecule has 114 valence electrons. The monoisotopic (exact) mass is 314 g/mol. The van der Waals surface area contributed by atoms with Crippen molar-refractivity contribution < 1.29 is 23.1 Å². The number of halogens is 1. The van der Waals surface area contributed by atoms with Gasteiger partial charge in [0.2, 0.25) is 0 Å². The van der Waals surface area contributed by atoms with E-state index in [0.29, 0.717) is 0 Å². The van der Waals surface area contributed by atoms with E-state index in [1.165, 1.54) is 0 Å². The maximum atomic E-state index is 12.5. The van der Waals surface area contributed by atoms with Crippen molar-refractivity contribution in [3.8, 4) is 0 Å². The molecule has 1 unspecified atom stereocenters. The molecule has 0 aromatic carbocycles. The van der Waals surface area contributed by atoms with Gasteiger partial charge in [0, 0.05) is 5.88 Å². The molecule has 19 heavy (non-hydrogen) atoms. The summed E-state index contributed by atoms with van der Waals surface area (Å²) >= 11 is 5.45. The SMILES string of the molecule is CC(C)OP(=O)(CC(C)OC(=O)CCCl)OC(C)C. The lowest BCUT2D eigenvalue weighted by atomic mass is 10.4.